The van der Waals surface area contributed by atoms with E-state index in [9.17, 15) is 4.39 Å². The van der Waals surface area contributed by atoms with Gasteiger partial charge in [0, 0.05) is 7.05 Å². The van der Waals surface area contributed by atoms with Crippen molar-refractivity contribution in [1.29, 1.82) is 0 Å². The molecule has 3 N–H and O–H groups in total. The minimum absolute atomic E-state index is 0.291. The third-order valence-electron chi connectivity index (χ3n) is 2.76. The molecule has 90 valence electrons. The van der Waals surface area contributed by atoms with E-state index in [0.717, 1.165) is 16.8 Å². The lowest BCUT2D eigenvalue weighted by atomic mass is 9.99. The normalized spacial score (nSPS) is 12.7. The first-order valence-corrected chi connectivity index (χ1v) is 5.20. The van der Waals surface area contributed by atoms with Crippen molar-refractivity contribution < 1.29 is 4.39 Å². The fourth-order valence-electron chi connectivity index (χ4n) is 1.82. The van der Waals surface area contributed by atoms with Gasteiger partial charge < -0.3 is 0 Å². The van der Waals surface area contributed by atoms with E-state index in [2.05, 4.69) is 15.7 Å². The maximum Gasteiger partial charge on any atom is 0.123 e. The molecule has 0 spiro atoms. The van der Waals surface area contributed by atoms with Crippen LogP contribution in [0.1, 0.15) is 22.9 Å². The molecule has 6 heteroatoms. The molecule has 5 nitrogen and oxygen atoms in total. The molecule has 17 heavy (non-hydrogen) atoms. The molecule has 1 aromatic carbocycles. The Morgan fingerprint density at radius 2 is 2.24 bits per heavy atom. The summed E-state index contributed by atoms with van der Waals surface area (Å²) in [5.74, 6) is 5.25. The third kappa shape index (κ3) is 2.17. The fourth-order valence-corrected chi connectivity index (χ4v) is 1.82. The molecular formula is C11H14FN5. The van der Waals surface area contributed by atoms with Crippen molar-refractivity contribution in [2.45, 2.75) is 13.0 Å². The summed E-state index contributed by atoms with van der Waals surface area (Å²) in [6, 6.07) is 4.28. The van der Waals surface area contributed by atoms with Gasteiger partial charge in [0.2, 0.25) is 0 Å². The standard InChI is InChI=1S/C11H14FN5/c1-7-3-4-8(12)5-9(7)11(15-13)10-6-14-16-17(10)2/h3-6,11,15H,13H2,1-2H3. The molecule has 0 aliphatic heterocycles. The zero-order valence-electron chi connectivity index (χ0n) is 9.68. The van der Waals surface area contributed by atoms with Gasteiger partial charge >= 0.3 is 0 Å². The van der Waals surface area contributed by atoms with E-state index in [0.29, 0.717) is 0 Å². The molecular weight excluding hydrogens is 221 g/mol. The highest BCUT2D eigenvalue weighted by Gasteiger charge is 2.18. The minimum atomic E-state index is -0.328. The summed E-state index contributed by atoms with van der Waals surface area (Å²) in [6.07, 6.45) is 1.61. The van der Waals surface area contributed by atoms with Crippen molar-refractivity contribution in [1.82, 2.24) is 20.4 Å². The monoisotopic (exact) mass is 235 g/mol. The zero-order valence-corrected chi connectivity index (χ0v) is 9.68. The van der Waals surface area contributed by atoms with Gasteiger partial charge in [0.25, 0.3) is 0 Å². The topological polar surface area (TPSA) is 68.8 Å². The number of aryl methyl sites for hydroxylation is 2. The van der Waals surface area contributed by atoms with E-state index >= 15 is 0 Å². The van der Waals surface area contributed by atoms with Crippen LogP contribution in [-0.4, -0.2) is 15.0 Å². The molecule has 0 radical (unpaired) electrons. The van der Waals surface area contributed by atoms with Gasteiger partial charge in [-0.2, -0.15) is 0 Å². The number of hydrazine groups is 1. The second-order valence-corrected chi connectivity index (χ2v) is 3.88. The maximum absolute atomic E-state index is 13.3. The molecule has 2 rings (SSSR count). The Hall–Kier alpha value is -1.79. The average Bonchev–Trinajstić information content (AvgIpc) is 2.71. The summed E-state index contributed by atoms with van der Waals surface area (Å²) < 4.78 is 14.9. The van der Waals surface area contributed by atoms with Crippen LogP contribution in [0.3, 0.4) is 0 Å². The van der Waals surface area contributed by atoms with Gasteiger partial charge in [-0.05, 0) is 30.2 Å². The predicted molar refractivity (Wildman–Crippen MR) is 61.3 cm³/mol. The van der Waals surface area contributed by atoms with Crippen molar-refractivity contribution in [2.24, 2.45) is 12.9 Å². The highest BCUT2D eigenvalue weighted by atomic mass is 19.1. The van der Waals surface area contributed by atoms with Crippen molar-refractivity contribution in [3.8, 4) is 0 Å². The number of benzene rings is 1. The lowest BCUT2D eigenvalue weighted by molar-refractivity contribution is 0.561. The number of halogens is 1. The predicted octanol–water partition coefficient (Wildman–Crippen LogP) is 0.815. The summed E-state index contributed by atoms with van der Waals surface area (Å²) in [5, 5.41) is 7.63. The molecule has 0 amide bonds. The van der Waals surface area contributed by atoms with Crippen LogP contribution in [0.4, 0.5) is 4.39 Å². The molecule has 0 aliphatic carbocycles. The molecule has 1 aromatic heterocycles. The van der Waals surface area contributed by atoms with Crippen LogP contribution < -0.4 is 11.3 Å². The third-order valence-corrected chi connectivity index (χ3v) is 2.76. The molecule has 0 saturated carbocycles. The van der Waals surface area contributed by atoms with Gasteiger partial charge in [-0.15, -0.1) is 5.10 Å². The quantitative estimate of drug-likeness (QED) is 0.610. The molecule has 0 bridgehead atoms. The highest BCUT2D eigenvalue weighted by molar-refractivity contribution is 5.34. The van der Waals surface area contributed by atoms with Gasteiger partial charge in [-0.3, -0.25) is 10.5 Å². The van der Waals surface area contributed by atoms with Gasteiger partial charge in [-0.25, -0.2) is 9.82 Å². The van der Waals surface area contributed by atoms with E-state index in [1.807, 2.05) is 6.92 Å². The second kappa shape index (κ2) is 4.60. The van der Waals surface area contributed by atoms with Crippen LogP contribution in [0.2, 0.25) is 0 Å². The fraction of sp³-hybridized carbons (Fsp3) is 0.273. The van der Waals surface area contributed by atoms with Crippen LogP contribution in [0.15, 0.2) is 24.4 Å². The van der Waals surface area contributed by atoms with Gasteiger partial charge in [-0.1, -0.05) is 11.3 Å². The van der Waals surface area contributed by atoms with E-state index < -0.39 is 0 Å². The lowest BCUT2D eigenvalue weighted by Gasteiger charge is -2.18. The number of hydrogen-bond donors (Lipinski definition) is 2. The largest absolute Gasteiger partial charge is 0.271 e. The average molecular weight is 235 g/mol. The van der Waals surface area contributed by atoms with E-state index in [1.165, 1.54) is 12.1 Å². The zero-order chi connectivity index (χ0) is 12.4. The van der Waals surface area contributed by atoms with Gasteiger partial charge in [0.15, 0.2) is 0 Å². The highest BCUT2D eigenvalue weighted by Crippen LogP contribution is 2.23. The number of nitrogens with two attached hydrogens (primary N) is 1. The Kier molecular flexibility index (Phi) is 3.16. The summed E-state index contributed by atoms with van der Waals surface area (Å²) in [6.45, 7) is 1.91. The van der Waals surface area contributed by atoms with E-state index in [4.69, 9.17) is 5.84 Å². The molecule has 1 unspecified atom stereocenters. The van der Waals surface area contributed by atoms with Crippen molar-refractivity contribution in [3.63, 3.8) is 0 Å². The molecule has 1 atom stereocenters. The van der Waals surface area contributed by atoms with Crippen molar-refractivity contribution >= 4 is 0 Å². The number of hydrogen-bond acceptors (Lipinski definition) is 4. The first kappa shape index (κ1) is 11.7. The molecule has 0 aliphatic rings. The number of aromatic nitrogens is 3. The number of nitrogens with one attached hydrogen (secondary N) is 1. The minimum Gasteiger partial charge on any atom is -0.271 e. The second-order valence-electron chi connectivity index (χ2n) is 3.88. The van der Waals surface area contributed by atoms with Crippen LogP contribution in [-0.2, 0) is 7.05 Å². The number of rotatable bonds is 3. The lowest BCUT2D eigenvalue weighted by Crippen LogP contribution is -2.31. The maximum atomic E-state index is 13.3. The Labute approximate surface area is 98.4 Å². The Balaban J connectivity index is 2.49. The first-order chi connectivity index (χ1) is 8.13. The Morgan fingerprint density at radius 3 is 2.82 bits per heavy atom. The van der Waals surface area contributed by atoms with E-state index in [-0.39, 0.29) is 11.9 Å². The van der Waals surface area contributed by atoms with Gasteiger partial charge in [0.1, 0.15) is 5.82 Å². The summed E-state index contributed by atoms with van der Waals surface area (Å²) in [4.78, 5) is 0. The van der Waals surface area contributed by atoms with Crippen LogP contribution in [0, 0.1) is 12.7 Å². The van der Waals surface area contributed by atoms with Crippen LogP contribution >= 0.6 is 0 Å². The Bertz CT molecular complexity index is 522. The molecule has 0 fully saturated rings. The molecule has 1 heterocycles. The van der Waals surface area contributed by atoms with Gasteiger partial charge in [0.05, 0.1) is 17.9 Å². The van der Waals surface area contributed by atoms with Crippen LogP contribution in [0.25, 0.3) is 0 Å². The molecule has 0 saturated heterocycles. The number of nitrogens with zero attached hydrogens (tertiary/aromatic N) is 3. The van der Waals surface area contributed by atoms with Crippen LogP contribution in [0.5, 0.6) is 0 Å². The summed E-state index contributed by atoms with van der Waals surface area (Å²) >= 11 is 0. The first-order valence-electron chi connectivity index (χ1n) is 5.20. The summed E-state index contributed by atoms with van der Waals surface area (Å²) in [5.41, 5.74) is 5.17. The van der Waals surface area contributed by atoms with E-state index in [1.54, 1.807) is 24.0 Å². The smallest absolute Gasteiger partial charge is 0.123 e. The van der Waals surface area contributed by atoms with Crippen molar-refractivity contribution in [2.75, 3.05) is 0 Å². The Morgan fingerprint density at radius 1 is 1.47 bits per heavy atom. The SMILES string of the molecule is Cc1ccc(F)cc1C(NN)c1cnnn1C. The summed E-state index contributed by atoms with van der Waals surface area (Å²) in [7, 11) is 1.77. The molecule has 2 aromatic rings. The van der Waals surface area contributed by atoms with Crippen molar-refractivity contribution in [3.05, 3.63) is 47.0 Å².